The zero-order valence-corrected chi connectivity index (χ0v) is 21.8. The molecule has 1 aliphatic carbocycles. The van der Waals surface area contributed by atoms with Crippen molar-refractivity contribution in [3.8, 4) is 11.8 Å². The lowest BCUT2D eigenvalue weighted by atomic mass is 9.73. The molecule has 0 amide bonds. The minimum absolute atomic E-state index is 0.0159. The molecule has 1 unspecified atom stereocenters. The molecule has 2 N–H and O–H groups in total. The third kappa shape index (κ3) is 4.52. The minimum Gasteiger partial charge on any atom is -0.487 e. The number of benzene rings is 2. The monoisotopic (exact) mass is 528 g/mol. The third-order valence-corrected chi connectivity index (χ3v) is 7.40. The van der Waals surface area contributed by atoms with Gasteiger partial charge in [0.25, 0.3) is 0 Å². The topological polar surface area (TPSA) is 92.2 Å². The van der Waals surface area contributed by atoms with E-state index in [-0.39, 0.29) is 17.4 Å². The van der Waals surface area contributed by atoms with Gasteiger partial charge in [0.05, 0.1) is 34.5 Å². The molecule has 2 aliphatic rings. The fourth-order valence-electron chi connectivity index (χ4n) is 5.34. The second kappa shape index (κ2) is 10.3. The first-order valence-corrected chi connectivity index (χ1v) is 12.7. The zero-order chi connectivity index (χ0) is 27.0. The van der Waals surface area contributed by atoms with Crippen LogP contribution < -0.4 is 15.4 Å². The maximum atomic E-state index is 13.5. The number of nitriles is 1. The number of nitrogens with two attached hydrogens (primary N) is 1. The van der Waals surface area contributed by atoms with Crippen molar-refractivity contribution in [2.24, 2.45) is 5.73 Å². The number of aromatic nitrogens is 1. The number of anilines is 1. The van der Waals surface area contributed by atoms with Crippen molar-refractivity contribution in [3.05, 3.63) is 111 Å². The van der Waals surface area contributed by atoms with Crippen molar-refractivity contribution in [1.82, 2.24) is 4.98 Å². The van der Waals surface area contributed by atoms with Gasteiger partial charge in [-0.1, -0.05) is 29.3 Å². The average Bonchev–Trinajstić information content (AvgIpc) is 2.90. The zero-order valence-electron chi connectivity index (χ0n) is 21.1. The van der Waals surface area contributed by atoms with Crippen LogP contribution in [0.2, 0.25) is 5.02 Å². The summed E-state index contributed by atoms with van der Waals surface area (Å²) in [6.45, 7) is 4.09. The van der Waals surface area contributed by atoms with Crippen molar-refractivity contribution < 1.29 is 13.9 Å². The van der Waals surface area contributed by atoms with E-state index in [4.69, 9.17) is 22.1 Å². The van der Waals surface area contributed by atoms with E-state index in [1.54, 1.807) is 23.4 Å². The van der Waals surface area contributed by atoms with Crippen LogP contribution in [0.3, 0.4) is 0 Å². The largest absolute Gasteiger partial charge is 0.487 e. The second-order valence-electron chi connectivity index (χ2n) is 9.53. The summed E-state index contributed by atoms with van der Waals surface area (Å²) in [4.78, 5) is 19.5. The van der Waals surface area contributed by atoms with Gasteiger partial charge in [0.1, 0.15) is 24.0 Å². The number of rotatable bonds is 5. The Morgan fingerprint density at radius 3 is 2.76 bits per heavy atom. The highest BCUT2D eigenvalue weighted by Crippen LogP contribution is 2.47. The van der Waals surface area contributed by atoms with Crippen molar-refractivity contribution >= 4 is 23.1 Å². The summed E-state index contributed by atoms with van der Waals surface area (Å²) < 4.78 is 19.4. The van der Waals surface area contributed by atoms with Gasteiger partial charge in [0.15, 0.2) is 5.78 Å². The number of pyridine rings is 1. The Morgan fingerprint density at radius 1 is 1.24 bits per heavy atom. The molecule has 8 heteroatoms. The van der Waals surface area contributed by atoms with Gasteiger partial charge >= 0.3 is 0 Å². The van der Waals surface area contributed by atoms with E-state index < -0.39 is 11.7 Å². The van der Waals surface area contributed by atoms with Crippen molar-refractivity contribution in [1.29, 1.82) is 5.26 Å². The van der Waals surface area contributed by atoms with Crippen molar-refractivity contribution in [3.63, 3.8) is 0 Å². The SMILES string of the molecule is Cc1cc(COc2ccc(F)cc2Cl)c(C)c(C2C(C#N)=C(N)N(c3cccnc3)C3=C2C(=O)CCC3)c1. The number of hydrogen-bond acceptors (Lipinski definition) is 6. The van der Waals surface area contributed by atoms with Gasteiger partial charge in [-0.2, -0.15) is 5.26 Å². The molecule has 6 nitrogen and oxygen atoms in total. The van der Waals surface area contributed by atoms with Gasteiger partial charge in [0.2, 0.25) is 0 Å². The van der Waals surface area contributed by atoms with Crippen LogP contribution in [-0.2, 0) is 11.4 Å². The summed E-state index contributed by atoms with van der Waals surface area (Å²) in [5.74, 6) is -0.347. The van der Waals surface area contributed by atoms with Gasteiger partial charge in [-0.15, -0.1) is 0 Å². The molecule has 1 atom stereocenters. The summed E-state index contributed by atoms with van der Waals surface area (Å²) in [5, 5.41) is 10.5. The molecule has 0 saturated heterocycles. The third-order valence-electron chi connectivity index (χ3n) is 7.11. The molecular weight excluding hydrogens is 503 g/mol. The normalized spacial score (nSPS) is 17.4. The predicted octanol–water partition coefficient (Wildman–Crippen LogP) is 6.37. The van der Waals surface area contributed by atoms with Gasteiger partial charge < -0.3 is 10.5 Å². The van der Waals surface area contributed by atoms with E-state index in [9.17, 15) is 14.4 Å². The van der Waals surface area contributed by atoms with E-state index in [1.165, 1.54) is 18.2 Å². The molecule has 0 radical (unpaired) electrons. The summed E-state index contributed by atoms with van der Waals surface area (Å²) in [7, 11) is 0. The first-order valence-electron chi connectivity index (χ1n) is 12.3. The number of ether oxygens (including phenoxy) is 1. The summed E-state index contributed by atoms with van der Waals surface area (Å²) in [6, 6.07) is 14.0. The number of ketones is 1. The summed E-state index contributed by atoms with van der Waals surface area (Å²) in [5.41, 5.74) is 12.7. The number of aryl methyl sites for hydroxylation is 1. The Bertz CT molecular complexity index is 1540. The van der Waals surface area contributed by atoms with Crippen LogP contribution in [-0.4, -0.2) is 10.8 Å². The highest BCUT2D eigenvalue weighted by atomic mass is 35.5. The molecule has 5 rings (SSSR count). The first kappa shape index (κ1) is 25.5. The molecule has 2 aromatic carbocycles. The quantitative estimate of drug-likeness (QED) is 0.413. The fraction of sp³-hybridized carbons (Fsp3) is 0.233. The average molecular weight is 529 g/mol. The van der Waals surface area contributed by atoms with Crippen LogP contribution in [0.1, 0.15) is 47.4 Å². The summed E-state index contributed by atoms with van der Waals surface area (Å²) >= 11 is 6.16. The number of allylic oxidation sites excluding steroid dienone is 3. The lowest BCUT2D eigenvalue weighted by Gasteiger charge is -2.40. The van der Waals surface area contributed by atoms with E-state index in [0.29, 0.717) is 47.7 Å². The maximum absolute atomic E-state index is 13.5. The molecule has 0 spiro atoms. The van der Waals surface area contributed by atoms with Gasteiger partial charge in [-0.3, -0.25) is 14.7 Å². The number of nitrogens with zero attached hydrogens (tertiary/aromatic N) is 3. The Morgan fingerprint density at radius 2 is 2.05 bits per heavy atom. The lowest BCUT2D eigenvalue weighted by Crippen LogP contribution is -2.39. The minimum atomic E-state index is -0.594. The molecule has 1 aliphatic heterocycles. The number of hydrogen-bond donors (Lipinski definition) is 1. The maximum Gasteiger partial charge on any atom is 0.161 e. The first-order chi connectivity index (χ1) is 18.3. The number of halogens is 2. The van der Waals surface area contributed by atoms with Crippen LogP contribution in [0.4, 0.5) is 10.1 Å². The molecule has 38 heavy (non-hydrogen) atoms. The van der Waals surface area contributed by atoms with Crippen LogP contribution >= 0.6 is 11.6 Å². The summed E-state index contributed by atoms with van der Waals surface area (Å²) in [6.07, 6.45) is 5.14. The van der Waals surface area contributed by atoms with Crippen LogP contribution in [0.25, 0.3) is 0 Å². The van der Waals surface area contributed by atoms with E-state index >= 15 is 0 Å². The molecule has 0 bridgehead atoms. The Kier molecular flexibility index (Phi) is 6.92. The lowest BCUT2D eigenvalue weighted by molar-refractivity contribution is -0.116. The smallest absolute Gasteiger partial charge is 0.161 e. The number of carbonyl (C=O) groups excluding carboxylic acids is 1. The van der Waals surface area contributed by atoms with Crippen molar-refractivity contribution in [2.45, 2.75) is 45.6 Å². The Hall–Kier alpha value is -4.15. The second-order valence-corrected chi connectivity index (χ2v) is 9.94. The van der Waals surface area contributed by atoms with Crippen molar-refractivity contribution in [2.75, 3.05) is 4.90 Å². The molecule has 2 heterocycles. The molecule has 3 aromatic rings. The van der Waals surface area contributed by atoms with Gasteiger partial charge in [-0.05, 0) is 73.7 Å². The molecule has 1 aromatic heterocycles. The molecular formula is C30H26ClFN4O2. The Labute approximate surface area is 225 Å². The Balaban J connectivity index is 1.62. The molecule has 0 fully saturated rings. The highest BCUT2D eigenvalue weighted by Gasteiger charge is 2.41. The van der Waals surface area contributed by atoms with Gasteiger partial charge in [-0.25, -0.2) is 4.39 Å². The number of carbonyl (C=O) groups is 1. The standard InChI is InChI=1S/C30H26ClFN4O2/c1-17-11-19(16-38-27-9-8-20(32)13-24(27)31)18(2)22(12-17)28-23(14-33)30(34)36(21-5-4-10-35-15-21)25-6-3-7-26(37)29(25)28/h4-5,8-13,15,28H,3,6-7,16,34H2,1-2H3. The number of Topliss-reactive ketones (excluding diaryl/α,β-unsaturated/α-hetero) is 1. The predicted molar refractivity (Wildman–Crippen MR) is 144 cm³/mol. The van der Waals surface area contributed by atoms with Gasteiger partial charge in [0, 0.05) is 23.9 Å². The van der Waals surface area contributed by atoms with Crippen LogP contribution in [0, 0.1) is 31.0 Å². The molecule has 192 valence electrons. The van der Waals surface area contributed by atoms with E-state index in [2.05, 4.69) is 11.1 Å². The van der Waals surface area contributed by atoms with E-state index in [0.717, 1.165) is 28.0 Å². The fourth-order valence-corrected chi connectivity index (χ4v) is 5.56. The van der Waals surface area contributed by atoms with E-state index in [1.807, 2.05) is 32.0 Å². The van der Waals surface area contributed by atoms with Crippen LogP contribution in [0.15, 0.2) is 77.5 Å². The van der Waals surface area contributed by atoms with Crippen LogP contribution in [0.5, 0.6) is 5.75 Å². The molecule has 0 saturated carbocycles. The highest BCUT2D eigenvalue weighted by molar-refractivity contribution is 6.32.